The zero-order valence-electron chi connectivity index (χ0n) is 11.6. The number of allylic oxidation sites excluding steroid dienone is 1. The van der Waals surface area contributed by atoms with Crippen LogP contribution in [0.1, 0.15) is 17.4 Å². The summed E-state index contributed by atoms with van der Waals surface area (Å²) in [7, 11) is 1.66. The first-order valence-corrected chi connectivity index (χ1v) is 6.27. The molecule has 21 heavy (non-hydrogen) atoms. The minimum absolute atomic E-state index is 0.175. The summed E-state index contributed by atoms with van der Waals surface area (Å²) in [5, 5.41) is 6.77. The summed E-state index contributed by atoms with van der Waals surface area (Å²) >= 11 is 0. The highest BCUT2D eigenvalue weighted by molar-refractivity contribution is 6.06. The summed E-state index contributed by atoms with van der Waals surface area (Å²) in [4.78, 5) is 24.0. The quantitative estimate of drug-likeness (QED) is 0.686. The number of carbonyl (C=O) groups excluding carboxylic acids is 1. The summed E-state index contributed by atoms with van der Waals surface area (Å²) in [6.07, 6.45) is 2.93. The average molecular weight is 287 g/mol. The Morgan fingerprint density at radius 2 is 1.95 bits per heavy atom. The maximum Gasteiger partial charge on any atom is 0.214 e. The summed E-state index contributed by atoms with van der Waals surface area (Å²) in [6, 6.07) is 6.84. The summed E-state index contributed by atoms with van der Waals surface area (Å²) < 4.78 is 14.3. The summed E-state index contributed by atoms with van der Waals surface area (Å²) in [5.41, 5.74) is 0.299. The lowest BCUT2D eigenvalue weighted by Crippen LogP contribution is -2.21. The van der Waals surface area contributed by atoms with Gasteiger partial charge in [-0.15, -0.1) is 0 Å². The third-order valence-electron chi connectivity index (χ3n) is 2.83. The van der Waals surface area contributed by atoms with E-state index in [-0.39, 0.29) is 11.5 Å². The van der Waals surface area contributed by atoms with E-state index in [1.807, 2.05) is 0 Å². The van der Waals surface area contributed by atoms with Crippen LogP contribution in [0, 0.1) is 5.82 Å². The van der Waals surface area contributed by atoms with Gasteiger partial charge in [-0.25, -0.2) is 9.07 Å². The highest BCUT2D eigenvalue weighted by Gasteiger charge is 2.15. The molecule has 1 N–H and O–H groups in total. The molecule has 0 saturated carbocycles. The lowest BCUT2D eigenvalue weighted by Gasteiger charge is -2.07. The molecule has 0 amide bonds. The topological polar surface area (TPSA) is 64.0 Å². The fraction of sp³-hybridized carbons (Fsp3) is 0.133. The van der Waals surface area contributed by atoms with Gasteiger partial charge in [-0.2, -0.15) is 5.10 Å². The van der Waals surface area contributed by atoms with E-state index in [0.29, 0.717) is 11.3 Å². The highest BCUT2D eigenvalue weighted by Crippen LogP contribution is 2.08. The van der Waals surface area contributed by atoms with Crippen LogP contribution in [0.2, 0.25) is 0 Å². The Bertz CT molecular complexity index is 748. The van der Waals surface area contributed by atoms with E-state index in [1.165, 1.54) is 47.4 Å². The van der Waals surface area contributed by atoms with Crippen molar-refractivity contribution in [2.75, 3.05) is 7.05 Å². The van der Waals surface area contributed by atoms with Crippen molar-refractivity contribution in [1.29, 1.82) is 0 Å². The first kappa shape index (κ1) is 14.6. The predicted molar refractivity (Wildman–Crippen MR) is 76.9 cm³/mol. The van der Waals surface area contributed by atoms with Crippen molar-refractivity contribution in [2.24, 2.45) is 0 Å². The van der Waals surface area contributed by atoms with E-state index in [4.69, 9.17) is 0 Å². The van der Waals surface area contributed by atoms with Crippen molar-refractivity contribution in [3.8, 4) is 5.69 Å². The lowest BCUT2D eigenvalue weighted by molar-refractivity contribution is 0.102. The molecule has 0 saturated heterocycles. The molecule has 0 aliphatic rings. The van der Waals surface area contributed by atoms with Gasteiger partial charge in [0.2, 0.25) is 11.2 Å². The molecule has 2 aromatic rings. The molecule has 0 unspecified atom stereocenters. The van der Waals surface area contributed by atoms with Crippen LogP contribution >= 0.6 is 0 Å². The molecular weight excluding hydrogens is 273 g/mol. The van der Waals surface area contributed by atoms with Gasteiger partial charge < -0.3 is 5.32 Å². The van der Waals surface area contributed by atoms with Crippen LogP contribution in [0.3, 0.4) is 0 Å². The molecule has 1 aromatic carbocycles. The minimum atomic E-state index is -0.456. The molecule has 1 heterocycles. The number of aromatic nitrogens is 2. The number of halogens is 1. The Labute approximate surface area is 120 Å². The smallest absolute Gasteiger partial charge is 0.214 e. The van der Waals surface area contributed by atoms with Crippen LogP contribution in [0.5, 0.6) is 0 Å². The van der Waals surface area contributed by atoms with E-state index in [0.717, 1.165) is 0 Å². The number of hydrogen-bond donors (Lipinski definition) is 1. The Balaban J connectivity index is 2.47. The van der Waals surface area contributed by atoms with Crippen molar-refractivity contribution in [2.45, 2.75) is 6.92 Å². The van der Waals surface area contributed by atoms with Crippen LogP contribution < -0.4 is 10.7 Å². The third kappa shape index (κ3) is 3.22. The Morgan fingerprint density at radius 3 is 2.57 bits per heavy atom. The van der Waals surface area contributed by atoms with Crippen LogP contribution in [0.25, 0.3) is 5.69 Å². The van der Waals surface area contributed by atoms with Gasteiger partial charge >= 0.3 is 0 Å². The van der Waals surface area contributed by atoms with E-state index < -0.39 is 11.2 Å². The number of ketones is 1. The second-order valence-electron chi connectivity index (χ2n) is 4.39. The van der Waals surface area contributed by atoms with Gasteiger partial charge in [0.15, 0.2) is 5.69 Å². The second-order valence-corrected chi connectivity index (χ2v) is 4.39. The Kier molecular flexibility index (Phi) is 4.27. The Hall–Kier alpha value is -2.76. The highest BCUT2D eigenvalue weighted by atomic mass is 19.1. The van der Waals surface area contributed by atoms with Crippen molar-refractivity contribution < 1.29 is 9.18 Å². The van der Waals surface area contributed by atoms with Gasteiger partial charge in [0.05, 0.1) is 5.69 Å². The van der Waals surface area contributed by atoms with E-state index in [1.54, 1.807) is 14.0 Å². The van der Waals surface area contributed by atoms with Gasteiger partial charge in [-0.05, 0) is 31.2 Å². The maximum atomic E-state index is 12.9. The molecule has 2 rings (SSSR count). The van der Waals surface area contributed by atoms with Crippen LogP contribution in [-0.4, -0.2) is 22.6 Å². The second kappa shape index (κ2) is 6.13. The van der Waals surface area contributed by atoms with Crippen molar-refractivity contribution in [3.05, 3.63) is 70.0 Å². The van der Waals surface area contributed by atoms with Crippen LogP contribution in [-0.2, 0) is 0 Å². The number of hydrogen-bond acceptors (Lipinski definition) is 4. The fourth-order valence-electron chi connectivity index (χ4n) is 1.77. The zero-order chi connectivity index (χ0) is 15.4. The molecule has 108 valence electrons. The van der Waals surface area contributed by atoms with Gasteiger partial charge in [0.1, 0.15) is 5.82 Å². The normalized spacial score (nSPS) is 11.3. The predicted octanol–water partition coefficient (Wildman–Crippen LogP) is 1.68. The monoisotopic (exact) mass is 287 g/mol. The van der Waals surface area contributed by atoms with E-state index in [9.17, 15) is 14.0 Å². The Morgan fingerprint density at radius 1 is 1.29 bits per heavy atom. The van der Waals surface area contributed by atoms with Crippen molar-refractivity contribution in [3.63, 3.8) is 0 Å². The van der Waals surface area contributed by atoms with Crippen LogP contribution in [0.15, 0.2) is 53.1 Å². The molecule has 0 atom stereocenters. The first-order chi connectivity index (χ1) is 10.0. The van der Waals surface area contributed by atoms with E-state index in [2.05, 4.69) is 10.4 Å². The number of carbonyl (C=O) groups is 1. The molecular formula is C15H14FN3O2. The molecule has 0 aliphatic carbocycles. The molecule has 6 heteroatoms. The van der Waals surface area contributed by atoms with E-state index >= 15 is 0 Å². The van der Waals surface area contributed by atoms with Gasteiger partial charge in [0.25, 0.3) is 0 Å². The van der Waals surface area contributed by atoms with Gasteiger partial charge in [0, 0.05) is 31.1 Å². The average Bonchev–Trinajstić information content (AvgIpc) is 2.48. The number of nitrogens with one attached hydrogen (secondary N) is 1. The minimum Gasteiger partial charge on any atom is -0.394 e. The fourth-order valence-corrected chi connectivity index (χ4v) is 1.77. The maximum absolute atomic E-state index is 12.9. The zero-order valence-corrected chi connectivity index (χ0v) is 11.6. The molecule has 0 fully saturated rings. The van der Waals surface area contributed by atoms with Crippen LogP contribution in [0.4, 0.5) is 4.39 Å². The van der Waals surface area contributed by atoms with Crippen molar-refractivity contribution in [1.82, 2.24) is 15.1 Å². The van der Waals surface area contributed by atoms with Gasteiger partial charge in [-0.3, -0.25) is 9.59 Å². The first-order valence-electron chi connectivity index (χ1n) is 6.27. The standard InChI is InChI=1S/C15H14FN3O2/c1-10(9-17-2)15(21)14-13(20)7-8-19(18-14)12-5-3-11(16)4-6-12/h3-9,17H,1-2H3/b10-9+. The summed E-state index contributed by atoms with van der Waals surface area (Å²) in [5.74, 6) is -0.824. The molecule has 5 nitrogen and oxygen atoms in total. The number of rotatable bonds is 4. The van der Waals surface area contributed by atoms with Crippen molar-refractivity contribution >= 4 is 5.78 Å². The lowest BCUT2D eigenvalue weighted by atomic mass is 10.1. The number of Topliss-reactive ketones (excluding diaryl/α,β-unsaturated/α-hetero) is 1. The molecule has 0 bridgehead atoms. The third-order valence-corrected chi connectivity index (χ3v) is 2.83. The molecule has 0 radical (unpaired) electrons. The molecule has 1 aromatic heterocycles. The summed E-state index contributed by atoms with van der Waals surface area (Å²) in [6.45, 7) is 1.59. The molecule has 0 aliphatic heterocycles. The number of nitrogens with zero attached hydrogens (tertiary/aromatic N) is 2. The number of benzene rings is 1. The van der Waals surface area contributed by atoms with Gasteiger partial charge in [-0.1, -0.05) is 0 Å². The SMILES string of the molecule is CN/C=C(\C)C(=O)c1nn(-c2ccc(F)cc2)ccc1=O. The largest absolute Gasteiger partial charge is 0.394 e. The molecule has 0 spiro atoms.